The van der Waals surface area contributed by atoms with Crippen molar-refractivity contribution in [3.63, 3.8) is 0 Å². The molecule has 1 nitrogen and oxygen atoms in total. The Labute approximate surface area is 78.5 Å². The first-order chi connectivity index (χ1) is 6.73. The zero-order valence-corrected chi connectivity index (χ0v) is 6.75. The Morgan fingerprint density at radius 3 is 2.07 bits per heavy atom. The van der Waals surface area contributed by atoms with E-state index in [4.69, 9.17) is 0 Å². The van der Waals surface area contributed by atoms with Gasteiger partial charge in [-0.1, -0.05) is 0 Å². The second-order valence-corrected chi connectivity index (χ2v) is 2.49. The predicted molar refractivity (Wildman–Crippen MR) is 34.1 cm³/mol. The van der Waals surface area contributed by atoms with Crippen LogP contribution in [0, 0.1) is 11.8 Å². The number of halogens is 7. The molecule has 0 unspecified atom stereocenters. The van der Waals surface area contributed by atoms with Crippen molar-refractivity contribution in [1.82, 2.24) is 4.98 Å². The molecule has 1 rings (SSSR count). The van der Waals surface area contributed by atoms with Gasteiger partial charge in [-0.3, -0.25) is 0 Å². The van der Waals surface area contributed by atoms with Gasteiger partial charge in [-0.15, -0.1) is 0 Å². The second-order valence-electron chi connectivity index (χ2n) is 2.49. The molecular formula is C7H2F7N. The highest BCUT2D eigenvalue weighted by Gasteiger charge is 2.36. The summed E-state index contributed by atoms with van der Waals surface area (Å²) in [6.07, 6.45) is -8.64. The summed E-state index contributed by atoms with van der Waals surface area (Å²) in [7, 11) is 0. The molecule has 0 N–H and O–H groups in total. The van der Waals surface area contributed by atoms with Crippen molar-refractivity contribution < 1.29 is 30.7 Å². The monoisotopic (exact) mass is 233 g/mol. The molecule has 8 heteroatoms. The van der Waals surface area contributed by atoms with Gasteiger partial charge in [-0.2, -0.15) is 17.6 Å². The minimum atomic E-state index is -5.17. The van der Waals surface area contributed by atoms with E-state index in [0.717, 1.165) is 0 Å². The van der Waals surface area contributed by atoms with Crippen LogP contribution in [0.15, 0.2) is 6.07 Å². The fourth-order valence-corrected chi connectivity index (χ4v) is 0.831. The molecule has 1 aromatic heterocycles. The van der Waals surface area contributed by atoms with Crippen LogP contribution in [0.3, 0.4) is 0 Å². The molecule has 0 saturated carbocycles. The van der Waals surface area contributed by atoms with E-state index >= 15 is 0 Å². The molecule has 0 spiro atoms. The number of rotatable bonds is 1. The summed E-state index contributed by atoms with van der Waals surface area (Å²) in [6, 6.07) is -0.343. The summed E-state index contributed by atoms with van der Waals surface area (Å²) < 4.78 is 84.7. The Balaban J connectivity index is 3.32. The number of alkyl halides is 5. The Morgan fingerprint density at radius 1 is 1.13 bits per heavy atom. The summed E-state index contributed by atoms with van der Waals surface area (Å²) in [5.74, 6) is -4.06. The molecule has 0 bridgehead atoms. The largest absolute Gasteiger partial charge is 0.420 e. The molecule has 1 aromatic rings. The Morgan fingerprint density at radius 2 is 1.67 bits per heavy atom. The molecule has 0 amide bonds. The Kier molecular flexibility index (Phi) is 2.87. The first kappa shape index (κ1) is 11.7. The molecule has 0 aromatic carbocycles. The van der Waals surface area contributed by atoms with E-state index in [1.165, 1.54) is 0 Å². The van der Waals surface area contributed by atoms with Gasteiger partial charge in [0, 0.05) is 0 Å². The fraction of sp³-hybridized carbons (Fsp3) is 0.286. The fourth-order valence-electron chi connectivity index (χ4n) is 0.831. The van der Waals surface area contributed by atoms with Crippen molar-refractivity contribution in [2.75, 3.05) is 0 Å². The third kappa shape index (κ3) is 2.37. The molecule has 0 fully saturated rings. The molecule has 0 atom stereocenters. The van der Waals surface area contributed by atoms with Crippen LogP contribution in [0.1, 0.15) is 17.7 Å². The van der Waals surface area contributed by atoms with E-state index in [9.17, 15) is 30.7 Å². The highest BCUT2D eigenvalue weighted by Crippen LogP contribution is 2.32. The summed E-state index contributed by atoms with van der Waals surface area (Å²) >= 11 is 0. The van der Waals surface area contributed by atoms with E-state index in [0.29, 0.717) is 0 Å². The van der Waals surface area contributed by atoms with Crippen molar-refractivity contribution in [1.29, 1.82) is 0 Å². The third-order valence-electron chi connectivity index (χ3n) is 1.47. The van der Waals surface area contributed by atoms with Gasteiger partial charge >= 0.3 is 6.18 Å². The zero-order chi connectivity index (χ0) is 11.8. The lowest BCUT2D eigenvalue weighted by atomic mass is 10.2. The van der Waals surface area contributed by atoms with Crippen molar-refractivity contribution in [2.24, 2.45) is 0 Å². The van der Waals surface area contributed by atoms with E-state index in [1.807, 2.05) is 0 Å². The number of pyridine rings is 1. The summed E-state index contributed by atoms with van der Waals surface area (Å²) in [5, 5.41) is 0. The van der Waals surface area contributed by atoms with Crippen molar-refractivity contribution in [3.05, 3.63) is 29.1 Å². The van der Waals surface area contributed by atoms with Crippen LogP contribution >= 0.6 is 0 Å². The van der Waals surface area contributed by atoms with Crippen molar-refractivity contribution in [2.45, 2.75) is 12.6 Å². The van der Waals surface area contributed by atoms with Gasteiger partial charge in [0.25, 0.3) is 6.43 Å². The first-order valence-electron chi connectivity index (χ1n) is 3.44. The molecule has 15 heavy (non-hydrogen) atoms. The molecular weight excluding hydrogens is 231 g/mol. The molecule has 1 heterocycles. The summed E-state index contributed by atoms with van der Waals surface area (Å²) in [5.41, 5.74) is -3.65. The highest BCUT2D eigenvalue weighted by molar-refractivity contribution is 5.21. The maximum Gasteiger partial charge on any atom is 0.420 e. The van der Waals surface area contributed by atoms with Crippen LogP contribution in [0.5, 0.6) is 0 Å². The number of hydrogen-bond acceptors (Lipinski definition) is 1. The molecule has 0 aliphatic carbocycles. The lowest BCUT2D eigenvalue weighted by molar-refractivity contribution is -0.140. The number of nitrogens with zero attached hydrogens (tertiary/aromatic N) is 1. The van der Waals surface area contributed by atoms with Crippen molar-refractivity contribution in [3.8, 4) is 0 Å². The minimum absolute atomic E-state index is 0.343. The van der Waals surface area contributed by atoms with Gasteiger partial charge in [-0.05, 0) is 6.07 Å². The number of aromatic nitrogens is 1. The van der Waals surface area contributed by atoms with Crippen LogP contribution in [0.4, 0.5) is 30.7 Å². The van der Waals surface area contributed by atoms with E-state index in [2.05, 4.69) is 4.98 Å². The summed E-state index contributed by atoms with van der Waals surface area (Å²) in [4.78, 5) is 2.23. The van der Waals surface area contributed by atoms with Gasteiger partial charge in [-0.25, -0.2) is 18.2 Å². The molecule has 0 saturated heterocycles. The smallest absolute Gasteiger partial charge is 0.215 e. The predicted octanol–water partition coefficient (Wildman–Crippen LogP) is 3.32. The maximum atomic E-state index is 12.6. The average molecular weight is 233 g/mol. The normalized spacial score (nSPS) is 12.3. The molecule has 0 aliphatic heterocycles. The quantitative estimate of drug-likeness (QED) is 0.535. The SMILES string of the molecule is Fc1cc(C(F)(F)F)c(F)nc1C(F)F. The van der Waals surface area contributed by atoms with Crippen LogP contribution < -0.4 is 0 Å². The van der Waals surface area contributed by atoms with E-state index in [-0.39, 0.29) is 6.07 Å². The standard InChI is InChI=1S/C7H2F7N/c8-3-1-2(7(12,13)14)6(11)15-4(3)5(9)10/h1,5H. The number of hydrogen-bond donors (Lipinski definition) is 0. The third-order valence-corrected chi connectivity index (χ3v) is 1.47. The second kappa shape index (κ2) is 3.67. The average Bonchev–Trinajstić information content (AvgIpc) is 2.06. The van der Waals surface area contributed by atoms with E-state index in [1.54, 1.807) is 0 Å². The highest BCUT2D eigenvalue weighted by atomic mass is 19.4. The topological polar surface area (TPSA) is 12.9 Å². The lowest BCUT2D eigenvalue weighted by Crippen LogP contribution is -2.12. The molecule has 0 aliphatic rings. The summed E-state index contributed by atoms with van der Waals surface area (Å²) in [6.45, 7) is 0. The minimum Gasteiger partial charge on any atom is -0.215 e. The lowest BCUT2D eigenvalue weighted by Gasteiger charge is -2.09. The first-order valence-corrected chi connectivity index (χ1v) is 3.44. The molecule has 0 radical (unpaired) electrons. The zero-order valence-electron chi connectivity index (χ0n) is 6.75. The van der Waals surface area contributed by atoms with Gasteiger partial charge < -0.3 is 0 Å². The van der Waals surface area contributed by atoms with Crippen molar-refractivity contribution >= 4 is 0 Å². The van der Waals surface area contributed by atoms with E-state index < -0.39 is 35.6 Å². The van der Waals surface area contributed by atoms with Crippen LogP contribution in [-0.2, 0) is 6.18 Å². The van der Waals surface area contributed by atoms with Gasteiger partial charge in [0.05, 0.1) is 0 Å². The van der Waals surface area contributed by atoms with Gasteiger partial charge in [0.15, 0.2) is 5.82 Å². The Hall–Kier alpha value is -1.34. The van der Waals surface area contributed by atoms with Gasteiger partial charge in [0.1, 0.15) is 11.3 Å². The van der Waals surface area contributed by atoms with Crippen LogP contribution in [0.2, 0.25) is 0 Å². The van der Waals surface area contributed by atoms with Gasteiger partial charge in [0.2, 0.25) is 5.95 Å². The molecule has 84 valence electrons. The Bertz CT molecular complexity index is 370. The van der Waals surface area contributed by atoms with Crippen LogP contribution in [0.25, 0.3) is 0 Å². The van der Waals surface area contributed by atoms with Crippen LogP contribution in [-0.4, -0.2) is 4.98 Å². The maximum absolute atomic E-state index is 12.6.